The minimum absolute atomic E-state index is 0.105. The van der Waals surface area contributed by atoms with Crippen molar-refractivity contribution in [3.05, 3.63) is 69.3 Å². The lowest BCUT2D eigenvalue weighted by molar-refractivity contribution is -0.926. The van der Waals surface area contributed by atoms with Gasteiger partial charge in [-0.3, -0.25) is 4.79 Å². The Hall–Kier alpha value is -2.66. The zero-order valence-electron chi connectivity index (χ0n) is 16.5. The molecule has 0 amide bonds. The van der Waals surface area contributed by atoms with Gasteiger partial charge in [0.15, 0.2) is 5.82 Å². The van der Waals surface area contributed by atoms with E-state index in [1.54, 1.807) is 6.07 Å². The second-order valence-electron chi connectivity index (χ2n) is 7.48. The largest absolute Gasteiger partial charge is 0.507 e. The van der Waals surface area contributed by atoms with Crippen LogP contribution in [0.2, 0.25) is 0 Å². The Morgan fingerprint density at radius 2 is 1.93 bits per heavy atom. The van der Waals surface area contributed by atoms with Gasteiger partial charge in [0.1, 0.15) is 18.8 Å². The number of nitrogens with one attached hydrogen (secondary N) is 2. The van der Waals surface area contributed by atoms with Gasteiger partial charge in [0.05, 0.1) is 17.4 Å². The Kier molecular flexibility index (Phi) is 5.61. The molecule has 0 aliphatic carbocycles. The van der Waals surface area contributed by atoms with Crippen molar-refractivity contribution in [2.24, 2.45) is 0 Å². The Bertz CT molecular complexity index is 1010. The van der Waals surface area contributed by atoms with Crippen LogP contribution in [-0.2, 0) is 13.1 Å². The fraction of sp³-hybridized carbons (Fsp3) is 0.364. The molecule has 1 unspecified atom stereocenters. The first kappa shape index (κ1) is 19.1. The molecular formula is C22H28N3O2+. The van der Waals surface area contributed by atoms with Crippen molar-refractivity contribution < 1.29 is 10.0 Å². The number of quaternary nitrogens is 1. The van der Waals surface area contributed by atoms with Crippen LogP contribution in [0.4, 0.5) is 0 Å². The quantitative estimate of drug-likeness (QED) is 0.628. The van der Waals surface area contributed by atoms with Crippen LogP contribution in [0.3, 0.4) is 0 Å². The second-order valence-corrected chi connectivity index (χ2v) is 7.48. The van der Waals surface area contributed by atoms with E-state index < -0.39 is 0 Å². The molecule has 0 radical (unpaired) electrons. The van der Waals surface area contributed by atoms with Crippen molar-refractivity contribution in [1.29, 1.82) is 0 Å². The minimum Gasteiger partial charge on any atom is -0.507 e. The fourth-order valence-electron chi connectivity index (χ4n) is 3.56. The molecule has 142 valence electrons. The molecule has 2 aromatic carbocycles. The van der Waals surface area contributed by atoms with Gasteiger partial charge < -0.3 is 15.0 Å². The average molecular weight is 366 g/mol. The number of hydrogen-bond acceptors (Lipinski definition) is 3. The molecule has 0 saturated heterocycles. The lowest BCUT2D eigenvalue weighted by Crippen LogP contribution is -3.09. The molecule has 1 heterocycles. The fourth-order valence-corrected chi connectivity index (χ4v) is 3.56. The van der Waals surface area contributed by atoms with Crippen molar-refractivity contribution in [1.82, 2.24) is 9.97 Å². The molecule has 1 aromatic heterocycles. The maximum absolute atomic E-state index is 12.3. The summed E-state index contributed by atoms with van der Waals surface area (Å²) in [7, 11) is 0. The summed E-state index contributed by atoms with van der Waals surface area (Å²) in [6.45, 7) is 10.6. The van der Waals surface area contributed by atoms with Crippen molar-refractivity contribution in [3.63, 3.8) is 0 Å². The zero-order chi connectivity index (χ0) is 19.6. The molecule has 3 aromatic rings. The lowest BCUT2D eigenvalue weighted by Gasteiger charge is -2.20. The van der Waals surface area contributed by atoms with Crippen molar-refractivity contribution >= 4 is 10.9 Å². The third-order valence-electron chi connectivity index (χ3n) is 5.11. The van der Waals surface area contributed by atoms with Crippen molar-refractivity contribution in [2.75, 3.05) is 6.54 Å². The molecule has 27 heavy (non-hydrogen) atoms. The number of hydrogen-bond donors (Lipinski definition) is 3. The summed E-state index contributed by atoms with van der Waals surface area (Å²) < 4.78 is 0. The summed E-state index contributed by atoms with van der Waals surface area (Å²) in [6, 6.07) is 11.3. The van der Waals surface area contributed by atoms with Crippen molar-refractivity contribution in [3.8, 4) is 5.75 Å². The van der Waals surface area contributed by atoms with Gasteiger partial charge in [-0.1, -0.05) is 26.0 Å². The van der Waals surface area contributed by atoms with Crippen molar-refractivity contribution in [2.45, 2.75) is 46.7 Å². The molecule has 0 aliphatic heterocycles. The number of benzene rings is 2. The molecule has 0 fully saturated rings. The van der Waals surface area contributed by atoms with Crippen LogP contribution < -0.4 is 10.5 Å². The smallest absolute Gasteiger partial charge is 0.258 e. The van der Waals surface area contributed by atoms with Crippen LogP contribution in [0.15, 0.2) is 41.2 Å². The van der Waals surface area contributed by atoms with Crippen LogP contribution >= 0.6 is 0 Å². The molecule has 0 bridgehead atoms. The van der Waals surface area contributed by atoms with Gasteiger partial charge in [-0.25, -0.2) is 4.98 Å². The number of phenols is 1. The molecule has 3 N–H and O–H groups in total. The highest BCUT2D eigenvalue weighted by Crippen LogP contribution is 2.26. The van der Waals surface area contributed by atoms with Crippen LogP contribution in [0, 0.1) is 6.92 Å². The Labute approximate surface area is 159 Å². The van der Waals surface area contributed by atoms with Gasteiger partial charge in [-0.2, -0.15) is 0 Å². The van der Waals surface area contributed by atoms with Gasteiger partial charge >= 0.3 is 0 Å². The number of aromatic amines is 1. The lowest BCUT2D eigenvalue weighted by atomic mass is 9.95. The second kappa shape index (κ2) is 7.92. The minimum atomic E-state index is -0.105. The molecular weight excluding hydrogens is 338 g/mol. The maximum atomic E-state index is 12.3. The van der Waals surface area contributed by atoms with Gasteiger partial charge in [-0.15, -0.1) is 0 Å². The van der Waals surface area contributed by atoms with Crippen LogP contribution in [0.5, 0.6) is 5.75 Å². The monoisotopic (exact) mass is 366 g/mol. The summed E-state index contributed by atoms with van der Waals surface area (Å²) in [5.74, 6) is 1.42. The van der Waals surface area contributed by atoms with Gasteiger partial charge in [0, 0.05) is 5.56 Å². The molecule has 0 spiro atoms. The van der Waals surface area contributed by atoms with E-state index in [9.17, 15) is 9.90 Å². The van der Waals surface area contributed by atoms with Crippen LogP contribution in [0.1, 0.15) is 49.2 Å². The van der Waals surface area contributed by atoms with E-state index in [2.05, 4.69) is 36.8 Å². The SMILES string of the molecule is CC[NH+](Cc1nc2ccccc2c(=O)[nH]1)Cc1cc(C(C)C)c(C)cc1O. The highest BCUT2D eigenvalue weighted by atomic mass is 16.3. The van der Waals surface area contributed by atoms with Gasteiger partial charge in [0.2, 0.25) is 0 Å². The zero-order valence-corrected chi connectivity index (χ0v) is 16.5. The van der Waals surface area contributed by atoms with E-state index in [1.165, 1.54) is 10.5 Å². The maximum Gasteiger partial charge on any atom is 0.258 e. The Balaban J connectivity index is 1.87. The van der Waals surface area contributed by atoms with E-state index in [4.69, 9.17) is 0 Å². The van der Waals surface area contributed by atoms with Gasteiger partial charge in [-0.05, 0) is 55.2 Å². The third-order valence-corrected chi connectivity index (χ3v) is 5.11. The number of aryl methyl sites for hydroxylation is 1. The molecule has 0 saturated carbocycles. The Morgan fingerprint density at radius 3 is 2.63 bits per heavy atom. The number of aromatic hydroxyl groups is 1. The third kappa shape index (κ3) is 4.19. The number of aromatic nitrogens is 2. The highest BCUT2D eigenvalue weighted by molar-refractivity contribution is 5.77. The molecule has 3 rings (SSSR count). The summed E-state index contributed by atoms with van der Waals surface area (Å²) in [5, 5.41) is 11.0. The topological polar surface area (TPSA) is 70.4 Å². The van der Waals surface area contributed by atoms with E-state index in [1.807, 2.05) is 31.2 Å². The normalized spacial score (nSPS) is 12.6. The number of nitrogens with zero attached hydrogens (tertiary/aromatic N) is 1. The molecule has 5 heteroatoms. The number of para-hydroxylation sites is 1. The molecule has 5 nitrogen and oxygen atoms in total. The van der Waals surface area contributed by atoms with Crippen LogP contribution in [0.25, 0.3) is 10.9 Å². The number of fused-ring (bicyclic) bond motifs is 1. The van der Waals surface area contributed by atoms with E-state index in [0.717, 1.165) is 17.7 Å². The first-order valence-corrected chi connectivity index (χ1v) is 9.53. The van der Waals surface area contributed by atoms with E-state index in [0.29, 0.717) is 41.5 Å². The van der Waals surface area contributed by atoms with E-state index in [-0.39, 0.29) is 5.56 Å². The van der Waals surface area contributed by atoms with Crippen LogP contribution in [-0.4, -0.2) is 21.6 Å². The number of rotatable bonds is 6. The highest BCUT2D eigenvalue weighted by Gasteiger charge is 2.16. The number of H-pyrrole nitrogens is 1. The molecule has 0 aliphatic rings. The molecule has 1 atom stereocenters. The van der Waals surface area contributed by atoms with E-state index >= 15 is 0 Å². The average Bonchev–Trinajstić information content (AvgIpc) is 2.63. The predicted octanol–water partition coefficient (Wildman–Crippen LogP) is 2.67. The summed E-state index contributed by atoms with van der Waals surface area (Å²) in [4.78, 5) is 21.0. The summed E-state index contributed by atoms with van der Waals surface area (Å²) in [5.41, 5.74) is 3.92. The summed E-state index contributed by atoms with van der Waals surface area (Å²) >= 11 is 0. The van der Waals surface area contributed by atoms with Gasteiger partial charge in [0.25, 0.3) is 5.56 Å². The number of phenolic OH excluding ortho intramolecular Hbond substituents is 1. The summed E-state index contributed by atoms with van der Waals surface area (Å²) in [6.07, 6.45) is 0. The first-order chi connectivity index (χ1) is 12.9. The Morgan fingerprint density at radius 1 is 1.19 bits per heavy atom. The standard InChI is InChI=1S/C22H27N3O2/c1-5-25(12-16-11-18(14(2)3)15(4)10-20(16)26)13-21-23-19-9-7-6-8-17(19)22(27)24-21/h6-11,14,26H,5,12-13H2,1-4H3,(H,23,24,27)/p+1. The first-order valence-electron chi connectivity index (χ1n) is 9.53. The predicted molar refractivity (Wildman–Crippen MR) is 108 cm³/mol.